The molecule has 2 aromatic rings. The number of carbonyl (C=O) groups excluding carboxylic acids is 1. The first kappa shape index (κ1) is 11.2. The first-order chi connectivity index (χ1) is 8.74. The molecule has 0 aliphatic heterocycles. The van der Waals surface area contributed by atoms with Gasteiger partial charge in [0.05, 0.1) is 16.6 Å². The van der Waals surface area contributed by atoms with E-state index in [0.29, 0.717) is 12.1 Å². The van der Waals surface area contributed by atoms with Gasteiger partial charge in [0.15, 0.2) is 0 Å². The fourth-order valence-electron chi connectivity index (χ4n) is 2.13. The molecule has 1 fully saturated rings. The van der Waals surface area contributed by atoms with Crippen LogP contribution in [-0.2, 0) is 0 Å². The van der Waals surface area contributed by atoms with E-state index in [-0.39, 0.29) is 11.4 Å². The number of fused-ring (bicyclic) bond motifs is 1. The van der Waals surface area contributed by atoms with Gasteiger partial charge in [-0.25, -0.2) is 0 Å². The molecular formula is C14H15N3O. The molecule has 0 radical (unpaired) electrons. The minimum Gasteiger partial charge on any atom is -0.345 e. The van der Waals surface area contributed by atoms with Crippen LogP contribution in [0.25, 0.3) is 10.9 Å². The molecule has 1 saturated carbocycles. The average molecular weight is 241 g/mol. The van der Waals surface area contributed by atoms with Crippen LogP contribution in [0.1, 0.15) is 23.2 Å². The van der Waals surface area contributed by atoms with Crippen LogP contribution in [0.2, 0.25) is 0 Å². The normalized spacial score (nSPS) is 16.5. The quantitative estimate of drug-likeness (QED) is 0.854. The van der Waals surface area contributed by atoms with Crippen LogP contribution in [0.4, 0.5) is 0 Å². The Bertz CT molecular complexity index is 600. The summed E-state index contributed by atoms with van der Waals surface area (Å²) in [6, 6.07) is 9.40. The summed E-state index contributed by atoms with van der Waals surface area (Å²) in [5.41, 5.74) is 7.02. The fourth-order valence-corrected chi connectivity index (χ4v) is 2.13. The lowest BCUT2D eigenvalue weighted by Gasteiger charge is -2.15. The Labute approximate surface area is 105 Å². The summed E-state index contributed by atoms with van der Waals surface area (Å²) in [4.78, 5) is 16.5. The maximum absolute atomic E-state index is 12.3. The van der Waals surface area contributed by atoms with Crippen molar-refractivity contribution in [3.63, 3.8) is 0 Å². The Morgan fingerprint density at radius 2 is 2.11 bits per heavy atom. The largest absolute Gasteiger partial charge is 0.345 e. The Hall–Kier alpha value is -1.94. The molecule has 1 amide bonds. The third-order valence-corrected chi connectivity index (χ3v) is 3.52. The standard InChI is InChI=1S/C14H15N3O/c15-9-14(6-7-14)17-13(18)11-5-8-16-12-4-2-1-3-10(11)12/h1-5,8H,6-7,9,15H2,(H,17,18). The van der Waals surface area contributed by atoms with Crippen molar-refractivity contribution in [1.82, 2.24) is 10.3 Å². The van der Waals surface area contributed by atoms with Gasteiger partial charge in [0.1, 0.15) is 0 Å². The van der Waals surface area contributed by atoms with Crippen molar-refractivity contribution in [3.05, 3.63) is 42.1 Å². The SMILES string of the molecule is NCC1(NC(=O)c2ccnc3ccccc23)CC1. The number of nitrogens with zero attached hydrogens (tertiary/aromatic N) is 1. The zero-order valence-corrected chi connectivity index (χ0v) is 10.0. The summed E-state index contributed by atoms with van der Waals surface area (Å²) >= 11 is 0. The van der Waals surface area contributed by atoms with Crippen molar-refractivity contribution in [1.29, 1.82) is 0 Å². The highest BCUT2D eigenvalue weighted by Gasteiger charge is 2.42. The molecule has 1 aromatic carbocycles. The topological polar surface area (TPSA) is 68.0 Å². The minimum absolute atomic E-state index is 0.0587. The van der Waals surface area contributed by atoms with Crippen LogP contribution in [0.3, 0.4) is 0 Å². The van der Waals surface area contributed by atoms with Crippen LogP contribution >= 0.6 is 0 Å². The number of aromatic nitrogens is 1. The highest BCUT2D eigenvalue weighted by molar-refractivity contribution is 6.06. The van der Waals surface area contributed by atoms with Crippen molar-refractivity contribution in [3.8, 4) is 0 Å². The molecule has 4 nitrogen and oxygen atoms in total. The first-order valence-corrected chi connectivity index (χ1v) is 6.10. The number of para-hydroxylation sites is 1. The number of amides is 1. The van der Waals surface area contributed by atoms with Gasteiger partial charge < -0.3 is 11.1 Å². The van der Waals surface area contributed by atoms with E-state index in [1.807, 2.05) is 24.3 Å². The molecule has 1 aliphatic carbocycles. The lowest BCUT2D eigenvalue weighted by Crippen LogP contribution is -2.42. The zero-order valence-electron chi connectivity index (χ0n) is 10.0. The second-order valence-electron chi connectivity index (χ2n) is 4.81. The van der Waals surface area contributed by atoms with Gasteiger partial charge in [-0.2, -0.15) is 0 Å². The molecule has 4 heteroatoms. The van der Waals surface area contributed by atoms with Crippen LogP contribution in [0.5, 0.6) is 0 Å². The predicted molar refractivity (Wildman–Crippen MR) is 70.2 cm³/mol. The zero-order chi connectivity index (χ0) is 12.6. The van der Waals surface area contributed by atoms with Crippen LogP contribution in [0, 0.1) is 0 Å². The number of hydrogen-bond acceptors (Lipinski definition) is 3. The van der Waals surface area contributed by atoms with E-state index in [0.717, 1.165) is 23.7 Å². The van der Waals surface area contributed by atoms with E-state index < -0.39 is 0 Å². The highest BCUT2D eigenvalue weighted by Crippen LogP contribution is 2.34. The molecule has 1 aliphatic rings. The molecule has 3 N–H and O–H groups in total. The summed E-state index contributed by atoms with van der Waals surface area (Å²) < 4.78 is 0. The first-order valence-electron chi connectivity index (χ1n) is 6.10. The third-order valence-electron chi connectivity index (χ3n) is 3.52. The second kappa shape index (κ2) is 4.07. The van der Waals surface area contributed by atoms with E-state index in [9.17, 15) is 4.79 Å². The molecular weight excluding hydrogens is 226 g/mol. The van der Waals surface area contributed by atoms with Gasteiger partial charge >= 0.3 is 0 Å². The molecule has 0 spiro atoms. The van der Waals surface area contributed by atoms with Gasteiger partial charge in [0.2, 0.25) is 0 Å². The lowest BCUT2D eigenvalue weighted by atomic mass is 10.1. The van der Waals surface area contributed by atoms with Gasteiger partial charge in [-0.05, 0) is 25.0 Å². The predicted octanol–water partition coefficient (Wildman–Crippen LogP) is 1.46. The summed E-state index contributed by atoms with van der Waals surface area (Å²) in [6.45, 7) is 0.502. The van der Waals surface area contributed by atoms with Gasteiger partial charge in [-0.15, -0.1) is 0 Å². The van der Waals surface area contributed by atoms with E-state index in [2.05, 4.69) is 10.3 Å². The summed E-state index contributed by atoms with van der Waals surface area (Å²) in [7, 11) is 0. The number of pyridine rings is 1. The smallest absolute Gasteiger partial charge is 0.252 e. The van der Waals surface area contributed by atoms with Gasteiger partial charge in [-0.3, -0.25) is 9.78 Å². The Kier molecular flexibility index (Phi) is 2.52. The number of benzene rings is 1. The van der Waals surface area contributed by atoms with Crippen molar-refractivity contribution in [2.24, 2.45) is 5.73 Å². The summed E-state index contributed by atoms with van der Waals surface area (Å²) in [5, 5.41) is 3.91. The van der Waals surface area contributed by atoms with Crippen LogP contribution in [-0.4, -0.2) is 23.0 Å². The molecule has 3 rings (SSSR count). The van der Waals surface area contributed by atoms with E-state index in [4.69, 9.17) is 5.73 Å². The number of carbonyl (C=O) groups is 1. The van der Waals surface area contributed by atoms with Crippen molar-refractivity contribution < 1.29 is 4.79 Å². The molecule has 1 aromatic heterocycles. The molecule has 1 heterocycles. The Morgan fingerprint density at radius 1 is 1.33 bits per heavy atom. The summed E-state index contributed by atoms with van der Waals surface area (Å²) in [5.74, 6) is -0.0587. The average Bonchev–Trinajstić information content (AvgIpc) is 3.18. The highest BCUT2D eigenvalue weighted by atomic mass is 16.1. The van der Waals surface area contributed by atoms with Crippen LogP contribution in [0.15, 0.2) is 36.5 Å². The molecule has 0 saturated heterocycles. The molecule has 0 unspecified atom stereocenters. The second-order valence-corrected chi connectivity index (χ2v) is 4.81. The third kappa shape index (κ3) is 1.84. The number of nitrogens with one attached hydrogen (secondary N) is 1. The fraction of sp³-hybridized carbons (Fsp3) is 0.286. The number of hydrogen-bond donors (Lipinski definition) is 2. The molecule has 18 heavy (non-hydrogen) atoms. The summed E-state index contributed by atoms with van der Waals surface area (Å²) in [6.07, 6.45) is 3.61. The molecule has 0 bridgehead atoms. The Balaban J connectivity index is 1.96. The van der Waals surface area contributed by atoms with E-state index in [1.165, 1.54) is 0 Å². The molecule has 0 atom stereocenters. The maximum Gasteiger partial charge on any atom is 0.252 e. The van der Waals surface area contributed by atoms with Crippen molar-refractivity contribution in [2.75, 3.05) is 6.54 Å². The van der Waals surface area contributed by atoms with Crippen molar-refractivity contribution >= 4 is 16.8 Å². The van der Waals surface area contributed by atoms with E-state index in [1.54, 1.807) is 12.3 Å². The van der Waals surface area contributed by atoms with Crippen LogP contribution < -0.4 is 11.1 Å². The van der Waals surface area contributed by atoms with Gasteiger partial charge in [-0.1, -0.05) is 18.2 Å². The lowest BCUT2D eigenvalue weighted by molar-refractivity contribution is 0.0934. The van der Waals surface area contributed by atoms with Gasteiger partial charge in [0, 0.05) is 18.1 Å². The number of rotatable bonds is 3. The van der Waals surface area contributed by atoms with E-state index >= 15 is 0 Å². The number of nitrogens with two attached hydrogens (primary N) is 1. The van der Waals surface area contributed by atoms with Crippen molar-refractivity contribution in [2.45, 2.75) is 18.4 Å². The maximum atomic E-state index is 12.3. The van der Waals surface area contributed by atoms with Gasteiger partial charge in [0.25, 0.3) is 5.91 Å². The molecule has 92 valence electrons. The monoisotopic (exact) mass is 241 g/mol. The Morgan fingerprint density at radius 3 is 2.83 bits per heavy atom. The minimum atomic E-state index is -0.165.